The van der Waals surface area contributed by atoms with E-state index in [1.54, 1.807) is 32.4 Å². The van der Waals surface area contributed by atoms with Gasteiger partial charge in [-0.25, -0.2) is 4.39 Å². The van der Waals surface area contributed by atoms with Crippen molar-refractivity contribution in [2.45, 2.75) is 13.8 Å². The zero-order valence-electron chi connectivity index (χ0n) is 17.8. The second-order valence-electron chi connectivity index (χ2n) is 7.49. The average Bonchev–Trinajstić information content (AvgIpc) is 3.18. The SMILES string of the molecule is COc1cc2occ(-c3ccc(Br)cc3)c2cc1/C(C)=C/C(=O)Nc1ccc(C)c(F)c1. The molecule has 0 fully saturated rings. The molecule has 0 atom stereocenters. The van der Waals surface area contributed by atoms with Gasteiger partial charge in [-0.2, -0.15) is 0 Å². The lowest BCUT2D eigenvalue weighted by atomic mass is 9.99. The van der Waals surface area contributed by atoms with Crippen molar-refractivity contribution in [3.05, 3.63) is 88.4 Å². The molecule has 0 radical (unpaired) electrons. The van der Waals surface area contributed by atoms with E-state index in [9.17, 15) is 9.18 Å². The topological polar surface area (TPSA) is 51.5 Å². The van der Waals surface area contributed by atoms with Crippen molar-refractivity contribution in [1.82, 2.24) is 0 Å². The van der Waals surface area contributed by atoms with E-state index in [0.29, 0.717) is 28.2 Å². The number of rotatable bonds is 5. The van der Waals surface area contributed by atoms with E-state index in [4.69, 9.17) is 9.15 Å². The van der Waals surface area contributed by atoms with Crippen LogP contribution in [-0.2, 0) is 4.79 Å². The number of halogens is 2. The molecule has 0 aliphatic rings. The Labute approximate surface area is 193 Å². The minimum absolute atomic E-state index is 0.353. The monoisotopic (exact) mass is 493 g/mol. The molecule has 6 heteroatoms. The van der Waals surface area contributed by atoms with Crippen molar-refractivity contribution in [2.75, 3.05) is 12.4 Å². The highest BCUT2D eigenvalue weighted by Gasteiger charge is 2.15. The van der Waals surface area contributed by atoms with Crippen LogP contribution in [0, 0.1) is 12.7 Å². The van der Waals surface area contributed by atoms with Crippen LogP contribution in [0.1, 0.15) is 18.1 Å². The van der Waals surface area contributed by atoms with Crippen LogP contribution in [-0.4, -0.2) is 13.0 Å². The van der Waals surface area contributed by atoms with Gasteiger partial charge in [0.2, 0.25) is 5.91 Å². The summed E-state index contributed by atoms with van der Waals surface area (Å²) in [5, 5.41) is 3.62. The Morgan fingerprint density at radius 1 is 1.12 bits per heavy atom. The first-order chi connectivity index (χ1) is 15.4. The van der Waals surface area contributed by atoms with Crippen LogP contribution in [0.2, 0.25) is 0 Å². The van der Waals surface area contributed by atoms with Gasteiger partial charge in [0, 0.05) is 38.8 Å². The molecule has 0 aliphatic heterocycles. The van der Waals surface area contributed by atoms with Gasteiger partial charge in [0.15, 0.2) is 0 Å². The zero-order valence-corrected chi connectivity index (χ0v) is 19.4. The number of amides is 1. The summed E-state index contributed by atoms with van der Waals surface area (Å²) in [6, 6.07) is 16.3. The number of ether oxygens (including phenoxy) is 1. The number of fused-ring (bicyclic) bond motifs is 1. The highest BCUT2D eigenvalue weighted by atomic mass is 79.9. The Hall–Kier alpha value is -3.38. The molecule has 4 aromatic rings. The summed E-state index contributed by atoms with van der Waals surface area (Å²) < 4.78 is 26.1. The molecule has 0 aliphatic carbocycles. The number of anilines is 1. The molecule has 0 bridgehead atoms. The molecule has 1 amide bonds. The van der Waals surface area contributed by atoms with Gasteiger partial charge in [0.25, 0.3) is 0 Å². The van der Waals surface area contributed by atoms with Gasteiger partial charge in [-0.05, 0) is 60.9 Å². The molecule has 1 heterocycles. The predicted molar refractivity (Wildman–Crippen MR) is 129 cm³/mol. The first-order valence-electron chi connectivity index (χ1n) is 9.96. The quantitative estimate of drug-likeness (QED) is 0.295. The van der Waals surface area contributed by atoms with E-state index in [-0.39, 0.29) is 11.7 Å². The fourth-order valence-corrected chi connectivity index (χ4v) is 3.77. The fourth-order valence-electron chi connectivity index (χ4n) is 3.51. The highest BCUT2D eigenvalue weighted by molar-refractivity contribution is 9.10. The number of aryl methyl sites for hydroxylation is 1. The van der Waals surface area contributed by atoms with Crippen LogP contribution < -0.4 is 10.1 Å². The third-order valence-corrected chi connectivity index (χ3v) is 5.79. The summed E-state index contributed by atoms with van der Waals surface area (Å²) in [5.74, 6) is -0.124. The van der Waals surface area contributed by atoms with E-state index in [1.807, 2.05) is 43.3 Å². The van der Waals surface area contributed by atoms with Crippen molar-refractivity contribution >= 4 is 44.1 Å². The van der Waals surface area contributed by atoms with Crippen LogP contribution in [0.3, 0.4) is 0 Å². The van der Waals surface area contributed by atoms with Crippen LogP contribution in [0.15, 0.2) is 75.8 Å². The van der Waals surface area contributed by atoms with Gasteiger partial charge in [-0.15, -0.1) is 0 Å². The minimum Gasteiger partial charge on any atom is -0.496 e. The number of methoxy groups -OCH3 is 1. The van der Waals surface area contributed by atoms with Gasteiger partial charge in [-0.1, -0.05) is 34.1 Å². The predicted octanol–water partition coefficient (Wildman–Crippen LogP) is 7.36. The van der Waals surface area contributed by atoms with E-state index in [2.05, 4.69) is 21.2 Å². The molecule has 0 unspecified atom stereocenters. The molecule has 1 aromatic heterocycles. The maximum absolute atomic E-state index is 13.8. The number of furan rings is 1. The van der Waals surface area contributed by atoms with Crippen molar-refractivity contribution < 1.29 is 18.3 Å². The third-order valence-electron chi connectivity index (χ3n) is 5.26. The second kappa shape index (κ2) is 9.01. The number of allylic oxidation sites excluding steroid dienone is 1. The first kappa shape index (κ1) is 21.8. The van der Waals surface area contributed by atoms with Crippen molar-refractivity contribution in [3.8, 4) is 16.9 Å². The number of nitrogens with one attached hydrogen (secondary N) is 1. The highest BCUT2D eigenvalue weighted by Crippen LogP contribution is 2.37. The van der Waals surface area contributed by atoms with Crippen LogP contribution >= 0.6 is 15.9 Å². The van der Waals surface area contributed by atoms with Crippen molar-refractivity contribution in [2.24, 2.45) is 0 Å². The van der Waals surface area contributed by atoms with Gasteiger partial charge >= 0.3 is 0 Å². The van der Waals surface area contributed by atoms with Crippen LogP contribution in [0.25, 0.3) is 27.7 Å². The third kappa shape index (κ3) is 4.46. The molecule has 32 heavy (non-hydrogen) atoms. The largest absolute Gasteiger partial charge is 0.496 e. The lowest BCUT2D eigenvalue weighted by Gasteiger charge is -2.10. The molecule has 0 saturated carbocycles. The molecule has 1 N–H and O–H groups in total. The first-order valence-corrected chi connectivity index (χ1v) is 10.8. The summed E-state index contributed by atoms with van der Waals surface area (Å²) in [4.78, 5) is 12.6. The summed E-state index contributed by atoms with van der Waals surface area (Å²) in [5.41, 5.74) is 5.05. The van der Waals surface area contributed by atoms with Crippen molar-refractivity contribution in [3.63, 3.8) is 0 Å². The average molecular weight is 494 g/mol. The Morgan fingerprint density at radius 3 is 2.56 bits per heavy atom. The lowest BCUT2D eigenvalue weighted by Crippen LogP contribution is -2.09. The molecular formula is C26H21BrFNO3. The Bertz CT molecular complexity index is 1340. The normalized spacial score (nSPS) is 11.6. The summed E-state index contributed by atoms with van der Waals surface area (Å²) in [6.07, 6.45) is 3.19. The maximum Gasteiger partial charge on any atom is 0.248 e. The van der Waals surface area contributed by atoms with Gasteiger partial charge in [0.05, 0.1) is 13.4 Å². The molecule has 4 nitrogen and oxygen atoms in total. The van der Waals surface area contributed by atoms with E-state index < -0.39 is 0 Å². The Balaban J connectivity index is 1.69. The van der Waals surface area contributed by atoms with Crippen LogP contribution in [0.5, 0.6) is 5.75 Å². The van der Waals surface area contributed by atoms with Gasteiger partial charge in [0.1, 0.15) is 17.1 Å². The summed E-state index contributed by atoms with van der Waals surface area (Å²) in [6.45, 7) is 3.50. The fraction of sp³-hybridized carbons (Fsp3) is 0.115. The number of carbonyl (C=O) groups excluding carboxylic acids is 1. The minimum atomic E-state index is -0.365. The number of hydrogen-bond acceptors (Lipinski definition) is 3. The summed E-state index contributed by atoms with van der Waals surface area (Å²) in [7, 11) is 1.58. The second-order valence-corrected chi connectivity index (χ2v) is 8.40. The van der Waals surface area contributed by atoms with E-state index in [1.165, 1.54) is 12.1 Å². The summed E-state index contributed by atoms with van der Waals surface area (Å²) >= 11 is 3.46. The molecular weight excluding hydrogens is 473 g/mol. The molecule has 3 aromatic carbocycles. The Morgan fingerprint density at radius 2 is 1.88 bits per heavy atom. The molecule has 0 saturated heterocycles. The number of benzene rings is 3. The van der Waals surface area contributed by atoms with Crippen molar-refractivity contribution in [1.29, 1.82) is 0 Å². The molecule has 162 valence electrons. The Kier molecular flexibility index (Phi) is 6.15. The molecule has 0 spiro atoms. The number of carbonyl (C=O) groups is 1. The van der Waals surface area contributed by atoms with Crippen LogP contribution in [0.4, 0.5) is 10.1 Å². The van der Waals surface area contributed by atoms with E-state index >= 15 is 0 Å². The van der Waals surface area contributed by atoms with Gasteiger partial charge < -0.3 is 14.5 Å². The lowest BCUT2D eigenvalue weighted by molar-refractivity contribution is -0.111. The van der Waals surface area contributed by atoms with Gasteiger partial charge in [-0.3, -0.25) is 4.79 Å². The zero-order chi connectivity index (χ0) is 22.8. The van der Waals surface area contributed by atoms with E-state index in [0.717, 1.165) is 26.5 Å². The molecule has 4 rings (SSSR count). The standard InChI is InChI=1S/C26H21BrFNO3/c1-15-4-9-19(11-23(15)28)29-26(30)10-16(2)20-12-21-22(17-5-7-18(27)8-6-17)14-32-25(21)13-24(20)31-3/h4-14H,1-3H3,(H,29,30)/b16-10+. The maximum atomic E-state index is 13.8. The number of hydrogen-bond donors (Lipinski definition) is 1. The smallest absolute Gasteiger partial charge is 0.248 e.